The summed E-state index contributed by atoms with van der Waals surface area (Å²) < 4.78 is 6.51. The van der Waals surface area contributed by atoms with E-state index >= 15 is 0 Å². The van der Waals surface area contributed by atoms with Crippen LogP contribution in [0, 0.1) is 0 Å². The Balaban J connectivity index is 2.19. The molecule has 1 aromatic carbocycles. The van der Waals surface area contributed by atoms with Crippen molar-refractivity contribution in [1.29, 1.82) is 0 Å². The van der Waals surface area contributed by atoms with Crippen LogP contribution in [0.3, 0.4) is 0 Å². The van der Waals surface area contributed by atoms with Crippen LogP contribution in [-0.4, -0.2) is 4.98 Å². The van der Waals surface area contributed by atoms with E-state index in [1.54, 1.807) is 6.20 Å². The Bertz CT molecular complexity index is 417. The molecule has 70 valence electrons. The molecule has 0 aliphatic heterocycles. The minimum atomic E-state index is 0.602. The number of hydrogen-bond donors (Lipinski definition) is 0. The molecule has 0 aliphatic rings. The van der Waals surface area contributed by atoms with Gasteiger partial charge in [0.15, 0.2) is 0 Å². The number of aromatic nitrogens is 1. The van der Waals surface area contributed by atoms with Crippen LogP contribution in [0.2, 0.25) is 0 Å². The van der Waals surface area contributed by atoms with Gasteiger partial charge < -0.3 is 4.74 Å². The van der Waals surface area contributed by atoms with E-state index in [-0.39, 0.29) is 0 Å². The molecule has 0 saturated carbocycles. The third-order valence-electron chi connectivity index (χ3n) is 1.66. The molecule has 2 rings (SSSR count). The van der Waals surface area contributed by atoms with Crippen molar-refractivity contribution in [3.8, 4) is 11.6 Å². The number of halogens is 1. The van der Waals surface area contributed by atoms with Gasteiger partial charge in [-0.1, -0.05) is 28.1 Å². The highest BCUT2D eigenvalue weighted by molar-refractivity contribution is 9.10. The molecule has 1 heterocycles. The second-order valence-electron chi connectivity index (χ2n) is 2.73. The number of ether oxygens (including phenoxy) is 1. The van der Waals surface area contributed by atoms with Gasteiger partial charge in [0.25, 0.3) is 0 Å². The zero-order valence-electron chi connectivity index (χ0n) is 7.35. The molecule has 0 N–H and O–H groups in total. The molecule has 0 fully saturated rings. The van der Waals surface area contributed by atoms with Gasteiger partial charge in [0.05, 0.1) is 0 Å². The van der Waals surface area contributed by atoms with Crippen molar-refractivity contribution >= 4 is 15.9 Å². The molecule has 0 spiro atoms. The molecule has 0 aliphatic carbocycles. The normalized spacial score (nSPS) is 9.79. The van der Waals surface area contributed by atoms with Crippen LogP contribution in [-0.2, 0) is 0 Å². The Hall–Kier alpha value is -1.35. The van der Waals surface area contributed by atoms with E-state index < -0.39 is 0 Å². The molecule has 0 radical (unpaired) electrons. The van der Waals surface area contributed by atoms with Gasteiger partial charge in [0.1, 0.15) is 5.75 Å². The van der Waals surface area contributed by atoms with Gasteiger partial charge >= 0.3 is 0 Å². The lowest BCUT2D eigenvalue weighted by Crippen LogP contribution is -1.85. The van der Waals surface area contributed by atoms with Gasteiger partial charge in [0, 0.05) is 16.7 Å². The van der Waals surface area contributed by atoms with Crippen LogP contribution in [0.1, 0.15) is 0 Å². The molecule has 1 aromatic heterocycles. The average molecular weight is 250 g/mol. The maximum absolute atomic E-state index is 5.52. The van der Waals surface area contributed by atoms with Crippen LogP contribution < -0.4 is 4.74 Å². The Morgan fingerprint density at radius 3 is 2.71 bits per heavy atom. The fourth-order valence-electron chi connectivity index (χ4n) is 1.06. The van der Waals surface area contributed by atoms with Crippen molar-refractivity contribution < 1.29 is 4.74 Å². The molecule has 3 heteroatoms. The zero-order chi connectivity index (χ0) is 9.80. The van der Waals surface area contributed by atoms with Gasteiger partial charge in [-0.25, -0.2) is 4.98 Å². The minimum absolute atomic E-state index is 0.602. The number of pyridine rings is 1. The summed E-state index contributed by atoms with van der Waals surface area (Å²) in [4.78, 5) is 4.07. The van der Waals surface area contributed by atoms with Crippen LogP contribution in [0.4, 0.5) is 0 Å². The number of nitrogens with zero attached hydrogens (tertiary/aromatic N) is 1. The minimum Gasteiger partial charge on any atom is -0.439 e. The third-order valence-corrected chi connectivity index (χ3v) is 2.15. The van der Waals surface area contributed by atoms with Crippen molar-refractivity contribution in [2.75, 3.05) is 0 Å². The predicted molar refractivity (Wildman–Crippen MR) is 58.5 cm³/mol. The predicted octanol–water partition coefficient (Wildman–Crippen LogP) is 3.64. The molecule has 0 amide bonds. The van der Waals surface area contributed by atoms with Gasteiger partial charge in [0.2, 0.25) is 5.88 Å². The smallest absolute Gasteiger partial charge is 0.219 e. The first kappa shape index (κ1) is 9.21. The van der Waals surface area contributed by atoms with E-state index in [4.69, 9.17) is 4.74 Å². The molecule has 2 aromatic rings. The highest BCUT2D eigenvalue weighted by Gasteiger charge is 1.96. The van der Waals surface area contributed by atoms with Gasteiger partial charge in [-0.05, 0) is 24.3 Å². The standard InChI is InChI=1S/C11H8BrNO/c12-9-4-3-5-10(8-9)14-11-6-1-2-7-13-11/h1-8H. The van der Waals surface area contributed by atoms with Crippen LogP contribution in [0.15, 0.2) is 53.1 Å². The largest absolute Gasteiger partial charge is 0.439 e. The maximum atomic E-state index is 5.52. The lowest BCUT2D eigenvalue weighted by Gasteiger charge is -2.03. The number of benzene rings is 1. The Morgan fingerprint density at radius 2 is 2.00 bits per heavy atom. The van der Waals surface area contributed by atoms with Crippen molar-refractivity contribution in [2.24, 2.45) is 0 Å². The van der Waals surface area contributed by atoms with Crippen LogP contribution in [0.5, 0.6) is 11.6 Å². The van der Waals surface area contributed by atoms with E-state index in [0.29, 0.717) is 5.88 Å². The first-order valence-corrected chi connectivity index (χ1v) is 4.98. The highest BCUT2D eigenvalue weighted by atomic mass is 79.9. The molecular formula is C11H8BrNO. The van der Waals surface area contributed by atoms with Crippen molar-refractivity contribution in [2.45, 2.75) is 0 Å². The van der Waals surface area contributed by atoms with Crippen molar-refractivity contribution in [1.82, 2.24) is 4.98 Å². The molecule has 14 heavy (non-hydrogen) atoms. The van der Waals surface area contributed by atoms with Crippen LogP contribution >= 0.6 is 15.9 Å². The van der Waals surface area contributed by atoms with Gasteiger partial charge in [-0.3, -0.25) is 0 Å². The number of hydrogen-bond acceptors (Lipinski definition) is 2. The molecule has 2 nitrogen and oxygen atoms in total. The summed E-state index contributed by atoms with van der Waals surface area (Å²) in [6, 6.07) is 13.2. The first-order chi connectivity index (χ1) is 6.84. The van der Waals surface area contributed by atoms with E-state index in [9.17, 15) is 0 Å². The molecule has 0 saturated heterocycles. The van der Waals surface area contributed by atoms with E-state index in [0.717, 1.165) is 10.2 Å². The van der Waals surface area contributed by atoms with E-state index in [1.807, 2.05) is 42.5 Å². The quantitative estimate of drug-likeness (QED) is 0.811. The lowest BCUT2D eigenvalue weighted by atomic mass is 10.3. The van der Waals surface area contributed by atoms with Crippen molar-refractivity contribution in [3.63, 3.8) is 0 Å². The molecule has 0 atom stereocenters. The fraction of sp³-hybridized carbons (Fsp3) is 0. The zero-order valence-corrected chi connectivity index (χ0v) is 8.94. The topological polar surface area (TPSA) is 22.1 Å². The Labute approximate surface area is 90.7 Å². The average Bonchev–Trinajstić information content (AvgIpc) is 2.19. The van der Waals surface area contributed by atoms with Gasteiger partial charge in [-0.15, -0.1) is 0 Å². The second-order valence-corrected chi connectivity index (χ2v) is 3.64. The van der Waals surface area contributed by atoms with E-state index in [2.05, 4.69) is 20.9 Å². The summed E-state index contributed by atoms with van der Waals surface area (Å²) in [5, 5.41) is 0. The number of rotatable bonds is 2. The fourth-order valence-corrected chi connectivity index (χ4v) is 1.44. The van der Waals surface area contributed by atoms with Crippen molar-refractivity contribution in [3.05, 3.63) is 53.1 Å². The van der Waals surface area contributed by atoms with E-state index in [1.165, 1.54) is 0 Å². The first-order valence-electron chi connectivity index (χ1n) is 4.19. The molecular weight excluding hydrogens is 242 g/mol. The SMILES string of the molecule is Brc1cccc(Oc2ccccn2)c1. The summed E-state index contributed by atoms with van der Waals surface area (Å²) in [6.07, 6.45) is 1.70. The molecule has 0 bridgehead atoms. The monoisotopic (exact) mass is 249 g/mol. The van der Waals surface area contributed by atoms with Crippen LogP contribution in [0.25, 0.3) is 0 Å². The Morgan fingerprint density at radius 1 is 1.07 bits per heavy atom. The molecule has 0 unspecified atom stereocenters. The maximum Gasteiger partial charge on any atom is 0.219 e. The summed E-state index contributed by atoms with van der Waals surface area (Å²) in [5.41, 5.74) is 0. The second kappa shape index (κ2) is 4.24. The summed E-state index contributed by atoms with van der Waals surface area (Å²) in [7, 11) is 0. The summed E-state index contributed by atoms with van der Waals surface area (Å²) >= 11 is 3.38. The van der Waals surface area contributed by atoms with Gasteiger partial charge in [-0.2, -0.15) is 0 Å². The third kappa shape index (κ3) is 2.33. The summed E-state index contributed by atoms with van der Waals surface area (Å²) in [6.45, 7) is 0. The summed E-state index contributed by atoms with van der Waals surface area (Å²) in [5.74, 6) is 1.38. The Kier molecular flexibility index (Phi) is 2.79. The highest BCUT2D eigenvalue weighted by Crippen LogP contribution is 2.22. The lowest BCUT2D eigenvalue weighted by molar-refractivity contribution is 0.462.